The van der Waals surface area contributed by atoms with Crippen molar-refractivity contribution in [1.82, 2.24) is 5.32 Å². The van der Waals surface area contributed by atoms with E-state index in [-0.39, 0.29) is 0 Å². The maximum atomic E-state index is 3.48. The summed E-state index contributed by atoms with van der Waals surface area (Å²) in [5.41, 5.74) is 2.81. The van der Waals surface area contributed by atoms with Gasteiger partial charge in [-0.25, -0.2) is 0 Å². The average molecular weight is 218 g/mol. The third-order valence-electron chi connectivity index (χ3n) is 3.45. The molecule has 2 nitrogen and oxygen atoms in total. The summed E-state index contributed by atoms with van der Waals surface area (Å²) >= 11 is 0. The van der Waals surface area contributed by atoms with Crippen LogP contribution in [0.15, 0.2) is 24.3 Å². The van der Waals surface area contributed by atoms with E-state index in [9.17, 15) is 0 Å². The van der Waals surface area contributed by atoms with Crippen LogP contribution in [0.25, 0.3) is 0 Å². The highest BCUT2D eigenvalue weighted by Gasteiger charge is 2.16. The van der Waals surface area contributed by atoms with Crippen LogP contribution < -0.4 is 10.2 Å². The van der Waals surface area contributed by atoms with Gasteiger partial charge in [-0.05, 0) is 51.4 Å². The summed E-state index contributed by atoms with van der Waals surface area (Å²) in [6.45, 7) is 8.00. The number of aryl methyl sites for hydroxylation is 1. The lowest BCUT2D eigenvalue weighted by atomic mass is 10.1. The van der Waals surface area contributed by atoms with Gasteiger partial charge in [-0.1, -0.05) is 18.2 Å². The van der Waals surface area contributed by atoms with Crippen molar-refractivity contribution in [2.45, 2.75) is 32.7 Å². The first-order chi connectivity index (χ1) is 7.79. The molecule has 1 heterocycles. The molecule has 1 aromatic rings. The monoisotopic (exact) mass is 218 g/mol. The largest absolute Gasteiger partial charge is 0.369 e. The van der Waals surface area contributed by atoms with Crippen LogP contribution in [0.1, 0.15) is 25.3 Å². The Bertz CT molecular complexity index is 335. The lowest BCUT2D eigenvalue weighted by Crippen LogP contribution is -2.40. The minimum absolute atomic E-state index is 0.633. The van der Waals surface area contributed by atoms with Gasteiger partial charge >= 0.3 is 0 Å². The Kier molecular flexibility index (Phi) is 3.83. The van der Waals surface area contributed by atoms with Gasteiger partial charge in [0.25, 0.3) is 0 Å². The maximum absolute atomic E-state index is 3.48. The highest BCUT2D eigenvalue weighted by Crippen LogP contribution is 2.23. The minimum Gasteiger partial charge on any atom is -0.369 e. The lowest BCUT2D eigenvalue weighted by molar-refractivity contribution is 0.499. The van der Waals surface area contributed by atoms with Crippen molar-refractivity contribution in [3.63, 3.8) is 0 Å². The van der Waals surface area contributed by atoms with Gasteiger partial charge in [-0.2, -0.15) is 0 Å². The number of nitrogens with zero attached hydrogens (tertiary/aromatic N) is 1. The lowest BCUT2D eigenvalue weighted by Gasteiger charge is -2.34. The summed E-state index contributed by atoms with van der Waals surface area (Å²) in [4.78, 5) is 2.57. The van der Waals surface area contributed by atoms with E-state index in [1.165, 1.54) is 30.6 Å². The van der Waals surface area contributed by atoms with E-state index in [4.69, 9.17) is 0 Å². The van der Waals surface area contributed by atoms with Gasteiger partial charge in [0.15, 0.2) is 0 Å². The van der Waals surface area contributed by atoms with Gasteiger partial charge in [-0.15, -0.1) is 0 Å². The number of anilines is 1. The molecular weight excluding hydrogens is 196 g/mol. The molecule has 0 bridgehead atoms. The Balaban J connectivity index is 2.19. The molecule has 1 aromatic carbocycles. The maximum Gasteiger partial charge on any atom is 0.0398 e. The second-order valence-corrected chi connectivity index (χ2v) is 4.72. The Morgan fingerprint density at radius 2 is 2.06 bits per heavy atom. The zero-order valence-corrected chi connectivity index (χ0v) is 10.4. The second-order valence-electron chi connectivity index (χ2n) is 4.72. The van der Waals surface area contributed by atoms with E-state index in [2.05, 4.69) is 48.3 Å². The standard InChI is InChI=1S/C14H22N2/c1-12-6-3-4-7-14(12)16-11-5-9-15-10-8-13(16)2/h3-4,6-7,13,15H,5,8-11H2,1-2H3. The van der Waals surface area contributed by atoms with E-state index in [0.29, 0.717) is 6.04 Å². The van der Waals surface area contributed by atoms with Crippen molar-refractivity contribution in [2.24, 2.45) is 0 Å². The zero-order valence-electron chi connectivity index (χ0n) is 10.4. The topological polar surface area (TPSA) is 15.3 Å². The van der Waals surface area contributed by atoms with Gasteiger partial charge < -0.3 is 10.2 Å². The Morgan fingerprint density at radius 1 is 1.25 bits per heavy atom. The van der Waals surface area contributed by atoms with E-state index in [1.54, 1.807) is 0 Å². The van der Waals surface area contributed by atoms with Crippen molar-refractivity contribution in [2.75, 3.05) is 24.5 Å². The molecule has 16 heavy (non-hydrogen) atoms. The molecule has 1 atom stereocenters. The number of hydrogen-bond acceptors (Lipinski definition) is 2. The van der Waals surface area contributed by atoms with Crippen LogP contribution in [-0.4, -0.2) is 25.7 Å². The molecule has 88 valence electrons. The smallest absolute Gasteiger partial charge is 0.0398 e. The van der Waals surface area contributed by atoms with E-state index >= 15 is 0 Å². The molecule has 2 heteroatoms. The fourth-order valence-corrected chi connectivity index (χ4v) is 2.43. The van der Waals surface area contributed by atoms with Crippen LogP contribution in [0.3, 0.4) is 0 Å². The molecule has 0 aromatic heterocycles. The SMILES string of the molecule is Cc1ccccc1N1CCCNCCC1C. The van der Waals surface area contributed by atoms with E-state index in [1.807, 2.05) is 0 Å². The second kappa shape index (κ2) is 5.35. The number of benzene rings is 1. The fraction of sp³-hybridized carbons (Fsp3) is 0.571. The molecule has 1 N–H and O–H groups in total. The molecular formula is C14H22N2. The molecule has 0 amide bonds. The summed E-state index contributed by atoms with van der Waals surface area (Å²) < 4.78 is 0. The van der Waals surface area contributed by atoms with Crippen LogP contribution in [0.2, 0.25) is 0 Å². The van der Waals surface area contributed by atoms with Crippen LogP contribution in [0.5, 0.6) is 0 Å². The highest BCUT2D eigenvalue weighted by molar-refractivity contribution is 5.53. The van der Waals surface area contributed by atoms with Gasteiger partial charge in [0, 0.05) is 18.3 Å². The van der Waals surface area contributed by atoms with E-state index in [0.717, 1.165) is 13.1 Å². The predicted molar refractivity (Wildman–Crippen MR) is 70.1 cm³/mol. The first-order valence-electron chi connectivity index (χ1n) is 6.32. The summed E-state index contributed by atoms with van der Waals surface area (Å²) in [5.74, 6) is 0. The van der Waals surface area contributed by atoms with E-state index < -0.39 is 0 Å². The van der Waals surface area contributed by atoms with Gasteiger partial charge in [-0.3, -0.25) is 0 Å². The van der Waals surface area contributed by atoms with Gasteiger partial charge in [0.1, 0.15) is 0 Å². The van der Waals surface area contributed by atoms with Crippen molar-refractivity contribution >= 4 is 5.69 Å². The Morgan fingerprint density at radius 3 is 2.88 bits per heavy atom. The fourth-order valence-electron chi connectivity index (χ4n) is 2.43. The van der Waals surface area contributed by atoms with Crippen LogP contribution in [0, 0.1) is 6.92 Å². The first-order valence-corrected chi connectivity index (χ1v) is 6.32. The first kappa shape index (κ1) is 11.5. The predicted octanol–water partition coefficient (Wildman–Crippen LogP) is 2.57. The molecule has 0 spiro atoms. The summed E-state index contributed by atoms with van der Waals surface area (Å²) in [6, 6.07) is 9.36. The number of nitrogens with one attached hydrogen (secondary N) is 1. The molecule has 1 aliphatic heterocycles. The molecule has 1 aliphatic rings. The number of para-hydroxylation sites is 1. The van der Waals surface area contributed by atoms with Crippen molar-refractivity contribution in [1.29, 1.82) is 0 Å². The molecule has 1 fully saturated rings. The molecule has 1 unspecified atom stereocenters. The third-order valence-corrected chi connectivity index (χ3v) is 3.45. The zero-order chi connectivity index (χ0) is 11.4. The van der Waals surface area contributed by atoms with Crippen molar-refractivity contribution in [3.8, 4) is 0 Å². The summed E-state index contributed by atoms with van der Waals surface area (Å²) in [6.07, 6.45) is 2.47. The third kappa shape index (κ3) is 2.56. The minimum atomic E-state index is 0.633. The molecule has 0 radical (unpaired) electrons. The highest BCUT2D eigenvalue weighted by atomic mass is 15.2. The van der Waals surface area contributed by atoms with Crippen LogP contribution >= 0.6 is 0 Å². The van der Waals surface area contributed by atoms with Gasteiger partial charge in [0.05, 0.1) is 0 Å². The average Bonchev–Trinajstić information content (AvgIpc) is 2.26. The molecule has 0 aliphatic carbocycles. The molecule has 2 rings (SSSR count). The number of hydrogen-bond donors (Lipinski definition) is 1. The Labute approximate surface area is 98.7 Å². The quantitative estimate of drug-likeness (QED) is 0.779. The summed E-state index contributed by atoms with van der Waals surface area (Å²) in [7, 11) is 0. The van der Waals surface area contributed by atoms with Crippen LogP contribution in [0.4, 0.5) is 5.69 Å². The van der Waals surface area contributed by atoms with Crippen molar-refractivity contribution in [3.05, 3.63) is 29.8 Å². The van der Waals surface area contributed by atoms with Crippen molar-refractivity contribution < 1.29 is 0 Å². The molecule has 1 saturated heterocycles. The normalized spacial score (nSPS) is 22.6. The Hall–Kier alpha value is -1.02. The van der Waals surface area contributed by atoms with Gasteiger partial charge in [0.2, 0.25) is 0 Å². The molecule has 0 saturated carbocycles. The van der Waals surface area contributed by atoms with Crippen LogP contribution in [-0.2, 0) is 0 Å². The number of rotatable bonds is 1. The summed E-state index contributed by atoms with van der Waals surface area (Å²) in [5, 5.41) is 3.48.